The van der Waals surface area contributed by atoms with Crippen molar-refractivity contribution in [3.8, 4) is 11.5 Å². The van der Waals surface area contributed by atoms with Crippen molar-refractivity contribution in [2.75, 3.05) is 6.16 Å². The van der Waals surface area contributed by atoms with Gasteiger partial charge in [-0.3, -0.25) is 4.79 Å². The second-order valence-corrected chi connectivity index (χ2v) is 13.8. The third-order valence-electron chi connectivity index (χ3n) is 7.39. The zero-order valence-electron chi connectivity index (χ0n) is 23.7. The van der Waals surface area contributed by atoms with E-state index in [4.69, 9.17) is 4.74 Å². The van der Waals surface area contributed by atoms with Crippen molar-refractivity contribution in [3.05, 3.63) is 114 Å². The minimum atomic E-state index is -1.82. The number of carbonyl (C=O) groups is 1. The van der Waals surface area contributed by atoms with Crippen molar-refractivity contribution in [3.63, 3.8) is 0 Å². The van der Waals surface area contributed by atoms with E-state index < -0.39 is 7.26 Å². The van der Waals surface area contributed by atoms with E-state index in [9.17, 15) is 9.90 Å². The second-order valence-electron chi connectivity index (χ2n) is 10.2. The summed E-state index contributed by atoms with van der Waals surface area (Å²) in [5.74, 6) is 0.621. The first-order chi connectivity index (χ1) is 19.0. The van der Waals surface area contributed by atoms with Gasteiger partial charge in [0.05, 0.1) is 17.8 Å². The summed E-state index contributed by atoms with van der Waals surface area (Å²) in [6.45, 7) is 5.64. The lowest BCUT2D eigenvalue weighted by Crippen LogP contribution is -3.00. The van der Waals surface area contributed by atoms with E-state index in [0.29, 0.717) is 17.7 Å². The Morgan fingerprint density at radius 2 is 1.30 bits per heavy atom. The van der Waals surface area contributed by atoms with Gasteiger partial charge in [-0.25, -0.2) is 0 Å². The number of phenols is 1. The maximum atomic E-state index is 11.9. The van der Waals surface area contributed by atoms with E-state index in [2.05, 4.69) is 105 Å². The van der Waals surface area contributed by atoms with Crippen LogP contribution < -0.4 is 37.6 Å². The van der Waals surface area contributed by atoms with Gasteiger partial charge in [0.1, 0.15) is 34.7 Å². The summed E-state index contributed by atoms with van der Waals surface area (Å²) >= 11 is 0. The lowest BCUT2D eigenvalue weighted by molar-refractivity contribution is -0.0000183. The summed E-state index contributed by atoms with van der Waals surface area (Å²) < 4.78 is 6.34. The van der Waals surface area contributed by atoms with Crippen LogP contribution in [-0.2, 0) is 6.42 Å². The molecule has 0 aromatic heterocycles. The van der Waals surface area contributed by atoms with Crippen LogP contribution >= 0.6 is 7.26 Å². The lowest BCUT2D eigenvalue weighted by atomic mass is 10.0. The highest BCUT2D eigenvalue weighted by Gasteiger charge is 2.44. The first kappa shape index (κ1) is 31.6. The van der Waals surface area contributed by atoms with Gasteiger partial charge in [-0.1, -0.05) is 67.9 Å². The smallest absolute Gasteiger partial charge is 0.163 e. The van der Waals surface area contributed by atoms with E-state index in [1.807, 2.05) is 6.07 Å². The molecule has 0 fully saturated rings. The number of rotatable bonds is 13. The van der Waals surface area contributed by atoms with Gasteiger partial charge in [-0.2, -0.15) is 0 Å². The highest BCUT2D eigenvalue weighted by molar-refractivity contribution is 7.95. The molecule has 0 aliphatic carbocycles. The number of ketones is 1. The van der Waals surface area contributed by atoms with E-state index in [-0.39, 0.29) is 34.6 Å². The molecule has 0 saturated carbocycles. The fraction of sp³-hybridized carbons (Fsp3) is 0.286. The molecule has 0 aliphatic heterocycles. The first-order valence-electron chi connectivity index (χ1n) is 14.0. The molecule has 1 N–H and O–H groups in total. The summed E-state index contributed by atoms with van der Waals surface area (Å²) in [5, 5.41) is 15.0. The molecular weight excluding hydrogens is 579 g/mol. The Kier molecular flexibility index (Phi) is 12.0. The Morgan fingerprint density at radius 3 is 1.75 bits per heavy atom. The molecule has 0 radical (unpaired) electrons. The molecule has 0 spiro atoms. The van der Waals surface area contributed by atoms with Crippen LogP contribution in [0.3, 0.4) is 0 Å². The molecule has 4 aromatic rings. The molecule has 3 nitrogen and oxygen atoms in total. The van der Waals surface area contributed by atoms with Crippen molar-refractivity contribution in [1.82, 2.24) is 0 Å². The maximum Gasteiger partial charge on any atom is 0.163 e. The summed E-state index contributed by atoms with van der Waals surface area (Å²) in [7, 11) is -1.82. The van der Waals surface area contributed by atoms with Crippen LogP contribution in [0.4, 0.5) is 0 Å². The number of unbranched alkanes of at least 4 members (excludes halogenated alkanes) is 1. The van der Waals surface area contributed by atoms with Crippen LogP contribution in [-0.4, -0.2) is 23.2 Å². The first-order valence-corrected chi connectivity index (χ1v) is 16.0. The number of halogens is 1. The minimum absolute atomic E-state index is 0. The standard InChI is InChI=1S/C35H39O3P.BrH/c1-4-16-33-34(25-24-32(28(3)36)35(33)37)38-27(2)17-14-15-26-39(29-18-8-5-9-19-29,30-20-10-6-11-21-30)31-22-12-7-13-23-31;/h5-13,18-25,27H,4,14-17,26H2,1-3H3;1H. The van der Waals surface area contributed by atoms with Crippen molar-refractivity contribution in [2.45, 2.75) is 59.0 Å². The van der Waals surface area contributed by atoms with E-state index in [0.717, 1.165) is 37.4 Å². The molecule has 0 amide bonds. The van der Waals surface area contributed by atoms with Gasteiger partial charge in [-0.15, -0.1) is 0 Å². The molecule has 1 atom stereocenters. The number of Topliss-reactive ketones (excluding diaryl/α,β-unsaturated/α-hetero) is 1. The van der Waals surface area contributed by atoms with Crippen LogP contribution in [0.1, 0.15) is 62.4 Å². The van der Waals surface area contributed by atoms with Gasteiger partial charge < -0.3 is 26.8 Å². The van der Waals surface area contributed by atoms with Gasteiger partial charge in [-0.05, 0) is 88.1 Å². The molecule has 0 bridgehead atoms. The number of carbonyl (C=O) groups excluding carboxylic acids is 1. The molecule has 0 saturated heterocycles. The molecular formula is C35H40BrO3P. The summed E-state index contributed by atoms with van der Waals surface area (Å²) in [4.78, 5) is 11.9. The van der Waals surface area contributed by atoms with Crippen molar-refractivity contribution in [2.24, 2.45) is 0 Å². The predicted molar refractivity (Wildman–Crippen MR) is 166 cm³/mol. The number of phenolic OH excluding ortho intramolecular Hbond substituents is 1. The number of benzene rings is 4. The molecule has 1 unspecified atom stereocenters. The van der Waals surface area contributed by atoms with Crippen LogP contribution in [0.25, 0.3) is 0 Å². The Morgan fingerprint density at radius 1 is 0.800 bits per heavy atom. The van der Waals surface area contributed by atoms with Crippen molar-refractivity contribution in [1.29, 1.82) is 0 Å². The largest absolute Gasteiger partial charge is 1.00 e. The normalized spacial score (nSPS) is 11.9. The summed E-state index contributed by atoms with van der Waals surface area (Å²) in [5.41, 5.74) is 1.10. The van der Waals surface area contributed by atoms with Crippen LogP contribution in [0.15, 0.2) is 103 Å². The van der Waals surface area contributed by atoms with E-state index in [1.165, 1.54) is 22.8 Å². The molecule has 40 heavy (non-hydrogen) atoms. The Hall–Kier alpha value is -2.94. The van der Waals surface area contributed by atoms with Crippen molar-refractivity contribution < 1.29 is 31.6 Å². The van der Waals surface area contributed by atoms with E-state index >= 15 is 0 Å². The van der Waals surface area contributed by atoms with Crippen molar-refractivity contribution >= 4 is 29.0 Å². The maximum absolute atomic E-state index is 11.9. The Bertz CT molecular complexity index is 1250. The van der Waals surface area contributed by atoms with E-state index in [1.54, 1.807) is 6.07 Å². The molecule has 0 aliphatic rings. The quantitative estimate of drug-likeness (QED) is 0.137. The molecule has 5 heteroatoms. The molecule has 4 rings (SSSR count). The second kappa shape index (κ2) is 15.2. The molecule has 210 valence electrons. The SMILES string of the molecule is CCCc1c(OC(C)CCCC[P+](c2ccccc2)(c2ccccc2)c2ccccc2)ccc(C(C)=O)c1O.[Br-]. The third kappa shape index (κ3) is 7.22. The average Bonchev–Trinajstić information content (AvgIpc) is 2.96. The monoisotopic (exact) mass is 618 g/mol. The van der Waals surface area contributed by atoms with Crippen LogP contribution in [0.5, 0.6) is 11.5 Å². The van der Waals surface area contributed by atoms with Gasteiger partial charge in [0.15, 0.2) is 5.78 Å². The predicted octanol–water partition coefficient (Wildman–Crippen LogP) is 4.48. The lowest BCUT2D eigenvalue weighted by Gasteiger charge is -2.28. The fourth-order valence-electron chi connectivity index (χ4n) is 5.44. The number of hydrogen-bond acceptors (Lipinski definition) is 3. The Labute approximate surface area is 250 Å². The topological polar surface area (TPSA) is 46.5 Å². The van der Waals surface area contributed by atoms with Gasteiger partial charge >= 0.3 is 0 Å². The summed E-state index contributed by atoms with van der Waals surface area (Å²) in [6.07, 6.45) is 5.66. The number of hydrogen-bond donors (Lipinski definition) is 1. The molecule has 4 aromatic carbocycles. The van der Waals surface area contributed by atoms with Gasteiger partial charge in [0.2, 0.25) is 0 Å². The van der Waals surface area contributed by atoms with Crippen LogP contribution in [0.2, 0.25) is 0 Å². The van der Waals surface area contributed by atoms with Gasteiger partial charge in [0.25, 0.3) is 0 Å². The average molecular weight is 620 g/mol. The highest BCUT2D eigenvalue weighted by atomic mass is 79.9. The summed E-state index contributed by atoms with van der Waals surface area (Å²) in [6, 6.07) is 36.6. The zero-order chi connectivity index (χ0) is 27.7. The van der Waals surface area contributed by atoms with Crippen LogP contribution in [0, 0.1) is 0 Å². The highest BCUT2D eigenvalue weighted by Crippen LogP contribution is 2.56. The third-order valence-corrected chi connectivity index (χ3v) is 11.9. The van der Waals surface area contributed by atoms with Gasteiger partial charge in [0, 0.05) is 5.56 Å². The Balaban J connectivity index is 0.00000441. The number of ether oxygens (including phenoxy) is 1. The molecule has 0 heterocycles. The zero-order valence-corrected chi connectivity index (χ0v) is 26.2. The fourth-order valence-corrected chi connectivity index (χ4v) is 9.85. The number of aromatic hydroxyl groups is 1. The minimum Gasteiger partial charge on any atom is -1.00 e.